The number of hydrogen-bond donors (Lipinski definition) is 1. The Bertz CT molecular complexity index is 622. The molecule has 1 fully saturated rings. The summed E-state index contributed by atoms with van der Waals surface area (Å²) in [7, 11) is 0. The summed E-state index contributed by atoms with van der Waals surface area (Å²) >= 11 is 0. The molecule has 0 radical (unpaired) electrons. The van der Waals surface area contributed by atoms with E-state index in [-0.39, 0.29) is 38.1 Å². The van der Waals surface area contributed by atoms with Crippen molar-refractivity contribution in [2.45, 2.75) is 44.1 Å². The summed E-state index contributed by atoms with van der Waals surface area (Å²) in [5.41, 5.74) is 1.56. The zero-order valence-corrected chi connectivity index (χ0v) is 12.7. The third-order valence-electron chi connectivity index (χ3n) is 4.87. The van der Waals surface area contributed by atoms with E-state index in [1.165, 1.54) is 4.90 Å². The lowest BCUT2D eigenvalue weighted by Gasteiger charge is -2.36. The molecule has 1 saturated carbocycles. The van der Waals surface area contributed by atoms with E-state index < -0.39 is 23.7 Å². The molecule has 0 unspecified atom stereocenters. The average molecular weight is 323 g/mol. The van der Waals surface area contributed by atoms with Crippen LogP contribution >= 0.6 is 0 Å². The van der Waals surface area contributed by atoms with Crippen molar-refractivity contribution in [2.75, 3.05) is 6.54 Å². The highest BCUT2D eigenvalue weighted by Crippen LogP contribution is 2.38. The van der Waals surface area contributed by atoms with Crippen LogP contribution in [-0.4, -0.2) is 34.4 Å². The summed E-state index contributed by atoms with van der Waals surface area (Å²) < 4.78 is 26.5. The van der Waals surface area contributed by atoms with Crippen molar-refractivity contribution < 1.29 is 23.5 Å². The molecule has 0 aromatic heterocycles. The second kappa shape index (κ2) is 5.91. The van der Waals surface area contributed by atoms with Gasteiger partial charge < -0.3 is 10.0 Å². The van der Waals surface area contributed by atoms with Crippen LogP contribution in [0.4, 0.5) is 8.78 Å². The Morgan fingerprint density at radius 1 is 1.17 bits per heavy atom. The van der Waals surface area contributed by atoms with Gasteiger partial charge in [-0.1, -0.05) is 24.3 Å². The van der Waals surface area contributed by atoms with Crippen molar-refractivity contribution in [3.05, 3.63) is 35.4 Å². The lowest BCUT2D eigenvalue weighted by Crippen LogP contribution is -2.44. The first-order valence-corrected chi connectivity index (χ1v) is 7.84. The summed E-state index contributed by atoms with van der Waals surface area (Å²) in [5.74, 6) is -5.01. The molecule has 4 nitrogen and oxygen atoms in total. The highest BCUT2D eigenvalue weighted by molar-refractivity contribution is 5.83. The minimum absolute atomic E-state index is 0.109. The molecule has 3 rings (SSSR count). The summed E-state index contributed by atoms with van der Waals surface area (Å²) in [6.07, 6.45) is -0.199. The lowest BCUT2D eigenvalue weighted by molar-refractivity contribution is -0.144. The molecule has 1 aliphatic carbocycles. The molecule has 124 valence electrons. The van der Waals surface area contributed by atoms with E-state index in [1.54, 1.807) is 12.1 Å². The first-order chi connectivity index (χ1) is 10.9. The van der Waals surface area contributed by atoms with Gasteiger partial charge in [-0.15, -0.1) is 0 Å². The van der Waals surface area contributed by atoms with Gasteiger partial charge in [-0.2, -0.15) is 0 Å². The van der Waals surface area contributed by atoms with Gasteiger partial charge in [0.25, 0.3) is 0 Å². The molecule has 1 heterocycles. The molecule has 0 saturated heterocycles. The smallest absolute Gasteiger partial charge is 0.312 e. The highest BCUT2D eigenvalue weighted by Gasteiger charge is 2.40. The molecular formula is C17H19F2NO3. The summed E-state index contributed by atoms with van der Waals surface area (Å²) in [4.78, 5) is 25.7. The van der Waals surface area contributed by atoms with Crippen LogP contribution in [0.5, 0.6) is 0 Å². The van der Waals surface area contributed by atoms with E-state index in [0.717, 1.165) is 11.1 Å². The van der Waals surface area contributed by atoms with Crippen molar-refractivity contribution >= 4 is 11.9 Å². The standard InChI is InChI=1S/C17H19F2NO3/c18-17(19)7-5-11(6-8-17)15(21)20-9-12-3-1-2-4-13(12)14(10-20)16(22)23/h1-4,11,14H,5-10H2,(H,22,23)/t14-/m1/s1. The Labute approximate surface area is 133 Å². The van der Waals surface area contributed by atoms with Crippen LogP contribution in [0.25, 0.3) is 0 Å². The van der Waals surface area contributed by atoms with Gasteiger partial charge in [0.1, 0.15) is 0 Å². The first-order valence-electron chi connectivity index (χ1n) is 7.84. The number of carboxylic acid groups (broad SMARTS) is 1. The monoisotopic (exact) mass is 323 g/mol. The van der Waals surface area contributed by atoms with Crippen LogP contribution in [0.15, 0.2) is 24.3 Å². The maximum absolute atomic E-state index is 13.2. The Morgan fingerprint density at radius 3 is 2.48 bits per heavy atom. The number of hydrogen-bond acceptors (Lipinski definition) is 2. The first kappa shape index (κ1) is 15.9. The third kappa shape index (κ3) is 3.21. The maximum atomic E-state index is 13.2. The molecular weight excluding hydrogens is 304 g/mol. The highest BCUT2D eigenvalue weighted by atomic mass is 19.3. The number of carbonyl (C=O) groups is 2. The quantitative estimate of drug-likeness (QED) is 0.910. The van der Waals surface area contributed by atoms with E-state index in [0.29, 0.717) is 6.54 Å². The number of benzene rings is 1. The third-order valence-corrected chi connectivity index (χ3v) is 4.87. The number of alkyl halides is 2. The Kier molecular flexibility index (Phi) is 4.08. The number of amides is 1. The van der Waals surface area contributed by atoms with Gasteiger partial charge in [0, 0.05) is 31.8 Å². The number of carbonyl (C=O) groups excluding carboxylic acids is 1. The Morgan fingerprint density at radius 2 is 1.83 bits per heavy atom. The van der Waals surface area contributed by atoms with E-state index in [2.05, 4.69) is 0 Å². The fourth-order valence-electron chi connectivity index (χ4n) is 3.53. The lowest BCUT2D eigenvalue weighted by atomic mass is 9.84. The van der Waals surface area contributed by atoms with E-state index in [1.807, 2.05) is 12.1 Å². The number of halogens is 2. The molecule has 0 spiro atoms. The van der Waals surface area contributed by atoms with Crippen LogP contribution in [0.3, 0.4) is 0 Å². The predicted molar refractivity (Wildman–Crippen MR) is 79.1 cm³/mol. The molecule has 2 aliphatic rings. The fourth-order valence-corrected chi connectivity index (χ4v) is 3.53. The van der Waals surface area contributed by atoms with Gasteiger partial charge in [-0.25, -0.2) is 8.78 Å². The van der Waals surface area contributed by atoms with Gasteiger partial charge in [-0.05, 0) is 24.0 Å². The number of aliphatic carboxylic acids is 1. The van der Waals surface area contributed by atoms with Crippen molar-refractivity contribution in [3.8, 4) is 0 Å². The minimum Gasteiger partial charge on any atom is -0.481 e. The van der Waals surface area contributed by atoms with E-state index >= 15 is 0 Å². The second-order valence-electron chi connectivity index (χ2n) is 6.44. The average Bonchev–Trinajstić information content (AvgIpc) is 2.53. The Hall–Kier alpha value is -1.98. The van der Waals surface area contributed by atoms with Gasteiger partial charge >= 0.3 is 5.97 Å². The molecule has 1 aliphatic heterocycles. The van der Waals surface area contributed by atoms with Crippen LogP contribution < -0.4 is 0 Å². The number of nitrogens with zero attached hydrogens (tertiary/aromatic N) is 1. The van der Waals surface area contributed by atoms with Gasteiger partial charge in [-0.3, -0.25) is 9.59 Å². The van der Waals surface area contributed by atoms with Gasteiger partial charge in [0.2, 0.25) is 11.8 Å². The molecule has 1 atom stereocenters. The van der Waals surface area contributed by atoms with Crippen LogP contribution in [-0.2, 0) is 16.1 Å². The summed E-state index contributed by atoms with van der Waals surface area (Å²) in [5, 5.41) is 9.43. The molecule has 0 bridgehead atoms. The van der Waals surface area contributed by atoms with Gasteiger partial charge in [0.15, 0.2) is 0 Å². The van der Waals surface area contributed by atoms with E-state index in [4.69, 9.17) is 0 Å². The van der Waals surface area contributed by atoms with Gasteiger partial charge in [0.05, 0.1) is 5.92 Å². The van der Waals surface area contributed by atoms with Crippen molar-refractivity contribution in [1.82, 2.24) is 4.90 Å². The van der Waals surface area contributed by atoms with Crippen molar-refractivity contribution in [2.24, 2.45) is 5.92 Å². The minimum atomic E-state index is -2.67. The zero-order chi connectivity index (χ0) is 16.6. The van der Waals surface area contributed by atoms with Crippen LogP contribution in [0, 0.1) is 5.92 Å². The fraction of sp³-hybridized carbons (Fsp3) is 0.529. The SMILES string of the molecule is O=C(O)[C@@H]1CN(C(=O)C2CCC(F)(F)CC2)Cc2ccccc21. The number of carboxylic acids is 1. The zero-order valence-electron chi connectivity index (χ0n) is 12.7. The number of rotatable bonds is 2. The molecule has 23 heavy (non-hydrogen) atoms. The Balaban J connectivity index is 1.77. The predicted octanol–water partition coefficient (Wildman–Crippen LogP) is 3.02. The van der Waals surface area contributed by atoms with Crippen molar-refractivity contribution in [3.63, 3.8) is 0 Å². The number of fused-ring (bicyclic) bond motifs is 1. The topological polar surface area (TPSA) is 57.6 Å². The molecule has 6 heteroatoms. The largest absolute Gasteiger partial charge is 0.481 e. The molecule has 1 aromatic carbocycles. The van der Waals surface area contributed by atoms with Crippen molar-refractivity contribution in [1.29, 1.82) is 0 Å². The molecule has 1 N–H and O–H groups in total. The van der Waals surface area contributed by atoms with Crippen LogP contribution in [0.1, 0.15) is 42.7 Å². The summed E-state index contributed by atoms with van der Waals surface area (Å²) in [6, 6.07) is 7.19. The normalized spacial score (nSPS) is 24.1. The van der Waals surface area contributed by atoms with Crippen LogP contribution in [0.2, 0.25) is 0 Å². The second-order valence-corrected chi connectivity index (χ2v) is 6.44. The molecule has 1 aromatic rings. The summed E-state index contributed by atoms with van der Waals surface area (Å²) in [6.45, 7) is 0.462. The molecule has 1 amide bonds. The maximum Gasteiger partial charge on any atom is 0.312 e. The van der Waals surface area contributed by atoms with E-state index in [9.17, 15) is 23.5 Å².